The number of nitrogen functional groups attached to an aromatic ring is 1. The van der Waals surface area contributed by atoms with Gasteiger partial charge in [0, 0.05) is 36.5 Å². The van der Waals surface area contributed by atoms with Gasteiger partial charge < -0.3 is 11.1 Å². The summed E-state index contributed by atoms with van der Waals surface area (Å²) in [5.41, 5.74) is 6.89. The molecule has 2 aromatic rings. The van der Waals surface area contributed by atoms with Crippen molar-refractivity contribution in [2.24, 2.45) is 0 Å². The van der Waals surface area contributed by atoms with E-state index in [0.29, 0.717) is 11.8 Å². The molecule has 0 amide bonds. The van der Waals surface area contributed by atoms with Crippen LogP contribution in [-0.2, 0) is 5.75 Å². The molecule has 5 nitrogen and oxygen atoms in total. The van der Waals surface area contributed by atoms with E-state index in [0.717, 1.165) is 30.0 Å². The summed E-state index contributed by atoms with van der Waals surface area (Å²) in [5, 5.41) is 3.18. The van der Waals surface area contributed by atoms with Gasteiger partial charge in [-0.05, 0) is 24.3 Å². The molecule has 0 unspecified atom stereocenters. The smallest absolute Gasteiger partial charge is 0.222 e. The minimum absolute atomic E-state index is 0.630. The summed E-state index contributed by atoms with van der Waals surface area (Å²) in [7, 11) is 0. The second kappa shape index (κ2) is 7.58. The van der Waals surface area contributed by atoms with Crippen LogP contribution >= 0.6 is 11.8 Å². The van der Waals surface area contributed by atoms with Gasteiger partial charge in [-0.25, -0.2) is 15.0 Å². The summed E-state index contributed by atoms with van der Waals surface area (Å²) in [5.74, 6) is 3.28. The fourth-order valence-corrected chi connectivity index (χ4v) is 2.48. The number of hydrogen-bond donors (Lipinski definition) is 2. The van der Waals surface area contributed by atoms with Crippen LogP contribution < -0.4 is 11.1 Å². The summed E-state index contributed by atoms with van der Waals surface area (Å²) < 4.78 is 0. The third kappa shape index (κ3) is 4.75. The van der Waals surface area contributed by atoms with Crippen molar-refractivity contribution in [2.75, 3.05) is 23.3 Å². The summed E-state index contributed by atoms with van der Waals surface area (Å²) in [6.45, 7) is 0.875. The molecule has 100 valence electrons. The first-order valence-electron chi connectivity index (χ1n) is 6.14. The van der Waals surface area contributed by atoms with E-state index >= 15 is 0 Å². The van der Waals surface area contributed by atoms with Crippen LogP contribution in [0.25, 0.3) is 0 Å². The first kappa shape index (κ1) is 13.6. The van der Waals surface area contributed by atoms with Crippen LogP contribution in [0, 0.1) is 0 Å². The Morgan fingerprint density at radius 1 is 1.11 bits per heavy atom. The molecule has 2 rings (SSSR count). The van der Waals surface area contributed by atoms with Gasteiger partial charge in [0.15, 0.2) is 0 Å². The lowest BCUT2D eigenvalue weighted by Crippen LogP contribution is -2.05. The van der Waals surface area contributed by atoms with Gasteiger partial charge in [-0.2, -0.15) is 11.8 Å². The highest BCUT2D eigenvalue weighted by atomic mass is 32.2. The number of hydrogen-bond acceptors (Lipinski definition) is 6. The van der Waals surface area contributed by atoms with E-state index in [9.17, 15) is 0 Å². The minimum atomic E-state index is 0.630. The highest BCUT2D eigenvalue weighted by molar-refractivity contribution is 7.98. The predicted molar refractivity (Wildman–Crippen MR) is 80.0 cm³/mol. The zero-order chi connectivity index (χ0) is 13.3. The number of nitrogens with two attached hydrogens (primary N) is 1. The second-order valence-electron chi connectivity index (χ2n) is 3.95. The maximum absolute atomic E-state index is 5.78. The average Bonchev–Trinajstić information content (AvgIpc) is 2.45. The van der Waals surface area contributed by atoms with Crippen LogP contribution in [0.5, 0.6) is 0 Å². The van der Waals surface area contributed by atoms with Gasteiger partial charge in [0.2, 0.25) is 5.95 Å². The third-order valence-electron chi connectivity index (χ3n) is 2.50. The van der Waals surface area contributed by atoms with E-state index in [1.165, 1.54) is 0 Å². The molecule has 0 bridgehead atoms. The summed E-state index contributed by atoms with van der Waals surface area (Å²) >= 11 is 1.85. The lowest BCUT2D eigenvalue weighted by atomic mass is 10.3. The lowest BCUT2D eigenvalue weighted by Gasteiger charge is -2.05. The fraction of sp³-hybridized carbons (Fsp3) is 0.308. The first-order chi connectivity index (χ1) is 9.36. The molecule has 0 saturated heterocycles. The van der Waals surface area contributed by atoms with Crippen molar-refractivity contribution in [3.63, 3.8) is 0 Å². The van der Waals surface area contributed by atoms with Gasteiger partial charge >= 0.3 is 0 Å². The first-order valence-corrected chi connectivity index (χ1v) is 7.30. The molecule has 0 aliphatic heterocycles. The van der Waals surface area contributed by atoms with Gasteiger partial charge in [-0.15, -0.1) is 0 Å². The highest BCUT2D eigenvalue weighted by Crippen LogP contribution is 2.16. The Bertz CT molecular complexity index is 491. The molecule has 0 fully saturated rings. The van der Waals surface area contributed by atoms with E-state index < -0.39 is 0 Å². The van der Waals surface area contributed by atoms with Crippen LogP contribution in [0.15, 0.2) is 36.8 Å². The molecular formula is C13H17N5S. The molecule has 0 aliphatic carbocycles. The number of nitrogens with one attached hydrogen (secondary N) is 1. The van der Waals surface area contributed by atoms with Crippen molar-refractivity contribution >= 4 is 23.5 Å². The standard InChI is InChI=1S/C13H17N5S/c14-12-11(4-1-5-15-12)10-19-9-3-8-18-13-16-6-2-7-17-13/h1-2,4-7H,3,8-10H2,(H2,14,15)(H,16,17,18). The molecule has 0 spiro atoms. The van der Waals surface area contributed by atoms with Crippen molar-refractivity contribution in [3.05, 3.63) is 42.4 Å². The Balaban J connectivity index is 1.59. The van der Waals surface area contributed by atoms with E-state index in [1.807, 2.05) is 23.9 Å². The molecule has 6 heteroatoms. The van der Waals surface area contributed by atoms with Crippen LogP contribution in [0.4, 0.5) is 11.8 Å². The van der Waals surface area contributed by atoms with Crippen LogP contribution in [0.3, 0.4) is 0 Å². The molecule has 3 N–H and O–H groups in total. The van der Waals surface area contributed by atoms with Crippen molar-refractivity contribution in [1.82, 2.24) is 15.0 Å². The molecule has 0 aliphatic rings. The summed E-state index contributed by atoms with van der Waals surface area (Å²) in [4.78, 5) is 12.3. The van der Waals surface area contributed by atoms with Crippen molar-refractivity contribution in [1.29, 1.82) is 0 Å². The van der Waals surface area contributed by atoms with Crippen molar-refractivity contribution in [2.45, 2.75) is 12.2 Å². The number of rotatable bonds is 7. The summed E-state index contributed by atoms with van der Waals surface area (Å²) in [6, 6.07) is 5.74. The van der Waals surface area contributed by atoms with E-state index in [-0.39, 0.29) is 0 Å². The Labute approximate surface area is 117 Å². The number of anilines is 2. The summed E-state index contributed by atoms with van der Waals surface area (Å²) in [6.07, 6.45) is 6.24. The molecule has 0 atom stereocenters. The van der Waals surface area contributed by atoms with Crippen molar-refractivity contribution < 1.29 is 0 Å². The predicted octanol–water partition coefficient (Wildman–Crippen LogP) is 2.19. The van der Waals surface area contributed by atoms with Gasteiger partial charge in [-0.1, -0.05) is 6.07 Å². The van der Waals surface area contributed by atoms with E-state index in [2.05, 4.69) is 20.3 Å². The molecule has 0 aromatic carbocycles. The fourth-order valence-electron chi connectivity index (χ4n) is 1.52. The SMILES string of the molecule is Nc1ncccc1CSCCCNc1ncccn1. The third-order valence-corrected chi connectivity index (χ3v) is 3.59. The quantitative estimate of drug-likeness (QED) is 0.754. The molecule has 0 saturated carbocycles. The second-order valence-corrected chi connectivity index (χ2v) is 5.06. The van der Waals surface area contributed by atoms with Crippen LogP contribution in [-0.4, -0.2) is 27.2 Å². The normalized spacial score (nSPS) is 10.3. The van der Waals surface area contributed by atoms with E-state index in [1.54, 1.807) is 24.7 Å². The molecule has 19 heavy (non-hydrogen) atoms. The minimum Gasteiger partial charge on any atom is -0.383 e. The number of nitrogens with zero attached hydrogens (tertiary/aromatic N) is 3. The van der Waals surface area contributed by atoms with Crippen molar-refractivity contribution in [3.8, 4) is 0 Å². The lowest BCUT2D eigenvalue weighted by molar-refractivity contribution is 0.961. The Morgan fingerprint density at radius 2 is 1.89 bits per heavy atom. The maximum Gasteiger partial charge on any atom is 0.222 e. The zero-order valence-electron chi connectivity index (χ0n) is 10.6. The van der Waals surface area contributed by atoms with Crippen LogP contribution in [0.1, 0.15) is 12.0 Å². The number of pyridine rings is 1. The maximum atomic E-state index is 5.78. The Morgan fingerprint density at radius 3 is 2.68 bits per heavy atom. The topological polar surface area (TPSA) is 76.7 Å². The van der Waals surface area contributed by atoms with Gasteiger partial charge in [0.05, 0.1) is 0 Å². The van der Waals surface area contributed by atoms with Gasteiger partial charge in [-0.3, -0.25) is 0 Å². The molecule has 2 heterocycles. The molecular weight excluding hydrogens is 258 g/mol. The number of thioether (sulfide) groups is 1. The van der Waals surface area contributed by atoms with Gasteiger partial charge in [0.25, 0.3) is 0 Å². The Hall–Kier alpha value is -1.82. The highest BCUT2D eigenvalue weighted by Gasteiger charge is 1.99. The van der Waals surface area contributed by atoms with Gasteiger partial charge in [0.1, 0.15) is 5.82 Å². The largest absolute Gasteiger partial charge is 0.383 e. The van der Waals surface area contributed by atoms with E-state index in [4.69, 9.17) is 5.73 Å². The monoisotopic (exact) mass is 275 g/mol. The number of aromatic nitrogens is 3. The average molecular weight is 275 g/mol. The zero-order valence-corrected chi connectivity index (χ0v) is 11.4. The molecule has 2 aromatic heterocycles. The Kier molecular flexibility index (Phi) is 5.43. The van der Waals surface area contributed by atoms with Crippen LogP contribution in [0.2, 0.25) is 0 Å². The molecule has 0 radical (unpaired) electrons.